The Bertz CT molecular complexity index is 1670. The van der Waals surface area contributed by atoms with Crippen molar-refractivity contribution in [2.24, 2.45) is 5.41 Å². The number of carbonyl (C=O) groups is 1. The Labute approximate surface area is 270 Å². The maximum Gasteiger partial charge on any atom is 0.251 e. The molecule has 4 N–H and O–H groups in total. The first-order valence-corrected chi connectivity index (χ1v) is 18.4. The average Bonchev–Trinajstić information content (AvgIpc) is 3.48. The van der Waals surface area contributed by atoms with Crippen LogP contribution in [-0.4, -0.2) is 89.5 Å². The molecule has 5 heterocycles. The van der Waals surface area contributed by atoms with Crippen LogP contribution < -0.4 is 15.5 Å². The van der Waals surface area contributed by atoms with Crippen molar-refractivity contribution in [2.45, 2.75) is 75.5 Å². The largest absolute Gasteiger partial charge is 0.351 e. The minimum absolute atomic E-state index is 0.00676. The zero-order valence-corrected chi connectivity index (χ0v) is 26.9. The molecule has 1 spiro atoms. The van der Waals surface area contributed by atoms with Gasteiger partial charge in [-0.05, 0) is 43.9 Å². The van der Waals surface area contributed by atoms with E-state index in [9.17, 15) is 22.7 Å². The van der Waals surface area contributed by atoms with E-state index in [2.05, 4.69) is 25.4 Å². The van der Waals surface area contributed by atoms with Crippen molar-refractivity contribution in [2.75, 3.05) is 40.1 Å². The Balaban J connectivity index is 1.10. The zero-order chi connectivity index (χ0) is 32.0. The number of nitrogens with zero attached hydrogens (tertiary/aromatic N) is 5. The fourth-order valence-corrected chi connectivity index (χ4v) is 11.8. The topological polar surface area (TPSA) is 127 Å². The van der Waals surface area contributed by atoms with E-state index in [0.717, 1.165) is 30.8 Å². The number of hydrogen-bond acceptors (Lipinski definition) is 10. The van der Waals surface area contributed by atoms with Gasteiger partial charge in [0.05, 0.1) is 22.0 Å². The molecule has 15 heteroatoms. The van der Waals surface area contributed by atoms with Gasteiger partial charge in [0.2, 0.25) is 11.9 Å². The molecule has 46 heavy (non-hydrogen) atoms. The number of anilines is 3. The summed E-state index contributed by atoms with van der Waals surface area (Å²) in [5.41, 5.74) is 1.29. The van der Waals surface area contributed by atoms with Crippen molar-refractivity contribution >= 4 is 44.6 Å². The van der Waals surface area contributed by atoms with Crippen LogP contribution in [-0.2, 0) is 4.79 Å². The molecule has 2 aromatic heterocycles. The molecule has 1 amide bonds. The smallest absolute Gasteiger partial charge is 0.251 e. The number of amides is 1. The van der Waals surface area contributed by atoms with Crippen molar-refractivity contribution in [3.8, 4) is 21.8 Å². The lowest BCUT2D eigenvalue weighted by Gasteiger charge is -2.63. The van der Waals surface area contributed by atoms with Gasteiger partial charge in [0.15, 0.2) is 10.9 Å². The molecule has 1 aromatic carbocycles. The lowest BCUT2D eigenvalue weighted by atomic mass is 9.67. The summed E-state index contributed by atoms with van der Waals surface area (Å²) in [6, 6.07) is 6.87. The molecule has 5 fully saturated rings. The number of fused-ring (bicyclic) bond motifs is 2. The first kappa shape index (κ1) is 30.4. The van der Waals surface area contributed by atoms with Crippen LogP contribution in [0.3, 0.4) is 0 Å². The number of likely N-dealkylation sites (tertiary alicyclic amines) is 1. The second-order valence-corrected chi connectivity index (χ2v) is 17.0. The molecule has 8 rings (SSSR count). The SMILES string of the molecule is CC(=O)Nc1cccc(-c2nc(N3C4CCC3CN(C3CC(F)(F)C3)C4)sc2-c2ccnc(NC3CC4(C3)CS(O)(O)C4)n2)c1F. The Morgan fingerprint density at radius 1 is 1.04 bits per heavy atom. The highest BCUT2D eigenvalue weighted by Gasteiger charge is 2.56. The third-order valence-electron chi connectivity index (χ3n) is 10.2. The predicted molar refractivity (Wildman–Crippen MR) is 173 cm³/mol. The van der Waals surface area contributed by atoms with Crippen molar-refractivity contribution in [3.05, 3.63) is 36.3 Å². The van der Waals surface area contributed by atoms with E-state index in [-0.39, 0.29) is 59.6 Å². The molecule has 2 bridgehead atoms. The van der Waals surface area contributed by atoms with Gasteiger partial charge in [-0.3, -0.25) is 18.8 Å². The van der Waals surface area contributed by atoms with Gasteiger partial charge in [-0.2, -0.15) is 10.6 Å². The van der Waals surface area contributed by atoms with E-state index < -0.39 is 22.3 Å². The first-order valence-electron chi connectivity index (χ1n) is 15.7. The average molecular weight is 676 g/mol. The third kappa shape index (κ3) is 5.43. The van der Waals surface area contributed by atoms with Gasteiger partial charge in [-0.15, -0.1) is 0 Å². The summed E-state index contributed by atoms with van der Waals surface area (Å²) in [5.74, 6) is -2.19. The van der Waals surface area contributed by atoms with Gasteiger partial charge in [0, 0.05) is 85.7 Å². The molecule has 246 valence electrons. The maximum absolute atomic E-state index is 15.9. The van der Waals surface area contributed by atoms with E-state index in [1.54, 1.807) is 24.4 Å². The zero-order valence-electron chi connectivity index (χ0n) is 25.3. The number of carbonyl (C=O) groups excluding carboxylic acids is 1. The van der Waals surface area contributed by atoms with Crippen molar-refractivity contribution < 1.29 is 27.1 Å². The molecule has 3 saturated heterocycles. The van der Waals surface area contributed by atoms with Gasteiger partial charge in [0.1, 0.15) is 0 Å². The van der Waals surface area contributed by atoms with Gasteiger partial charge in [-0.25, -0.2) is 28.1 Å². The van der Waals surface area contributed by atoms with E-state index >= 15 is 4.39 Å². The Morgan fingerprint density at radius 3 is 2.41 bits per heavy atom. The van der Waals surface area contributed by atoms with Crippen LogP contribution in [0.15, 0.2) is 30.5 Å². The molecule has 10 nitrogen and oxygen atoms in total. The molecule has 2 unspecified atom stereocenters. The highest BCUT2D eigenvalue weighted by atomic mass is 32.3. The van der Waals surface area contributed by atoms with Crippen LogP contribution in [0, 0.1) is 11.2 Å². The van der Waals surface area contributed by atoms with Crippen LogP contribution >= 0.6 is 21.9 Å². The molecule has 3 aromatic rings. The number of rotatable bonds is 7. The predicted octanol–water partition coefficient (Wildman–Crippen LogP) is 6.14. The third-order valence-corrected chi connectivity index (χ3v) is 13.4. The molecular weight excluding hydrogens is 640 g/mol. The van der Waals surface area contributed by atoms with E-state index in [1.165, 1.54) is 24.3 Å². The quantitative estimate of drug-likeness (QED) is 0.234. The number of piperazine rings is 1. The van der Waals surface area contributed by atoms with Crippen LogP contribution in [0.25, 0.3) is 21.8 Å². The number of halogens is 3. The molecule has 5 aliphatic rings. The Morgan fingerprint density at radius 2 is 1.76 bits per heavy atom. The fraction of sp³-hybridized carbons (Fsp3) is 0.548. The summed E-state index contributed by atoms with van der Waals surface area (Å²) in [5, 5.41) is 6.68. The lowest BCUT2D eigenvalue weighted by Crippen LogP contribution is -2.61. The standard InChI is InChI=1S/C31H36F3N7O3S2/c1-17(42)36-23-4-2-3-22(25(23)32)26-27(24-7-8-35-28(38-24)37-18-9-30(10-18)15-46(43,44)16-30)45-29(39-26)41-19-5-6-20(41)14-40(13-19)21-11-31(33,34)12-21/h2-4,7-8,18-21,43-44H,5-6,9-16H2,1H3,(H,36,42)(H,35,37,38). The summed E-state index contributed by atoms with van der Waals surface area (Å²) in [4.78, 5) is 31.2. The second kappa shape index (κ2) is 10.8. The number of nitrogens with one attached hydrogen (secondary N) is 2. The second-order valence-electron chi connectivity index (χ2n) is 13.8. The van der Waals surface area contributed by atoms with Crippen LogP contribution in [0.4, 0.5) is 29.9 Å². The lowest BCUT2D eigenvalue weighted by molar-refractivity contribution is -0.127. The molecule has 0 radical (unpaired) electrons. The van der Waals surface area contributed by atoms with E-state index in [0.29, 0.717) is 46.8 Å². The number of benzene rings is 1. The Kier molecular flexibility index (Phi) is 7.11. The van der Waals surface area contributed by atoms with Crippen LogP contribution in [0.2, 0.25) is 0 Å². The van der Waals surface area contributed by atoms with Gasteiger partial charge < -0.3 is 15.5 Å². The number of thiazole rings is 1. The monoisotopic (exact) mass is 675 g/mol. The molecule has 3 aliphatic heterocycles. The summed E-state index contributed by atoms with van der Waals surface area (Å²) < 4.78 is 63.0. The highest BCUT2D eigenvalue weighted by Crippen LogP contribution is 2.66. The van der Waals surface area contributed by atoms with Crippen LogP contribution in [0.1, 0.15) is 45.4 Å². The number of hydrogen-bond donors (Lipinski definition) is 4. The normalized spacial score (nSPS) is 27.0. The van der Waals surface area contributed by atoms with E-state index in [4.69, 9.17) is 9.97 Å². The molecule has 2 atom stereocenters. The maximum atomic E-state index is 15.9. The fourth-order valence-electron chi connectivity index (χ4n) is 8.21. The summed E-state index contributed by atoms with van der Waals surface area (Å²) >= 11 is 1.43. The van der Waals surface area contributed by atoms with Crippen molar-refractivity contribution in [3.63, 3.8) is 0 Å². The molecular formula is C31H36F3N7O3S2. The van der Waals surface area contributed by atoms with Gasteiger partial charge >= 0.3 is 0 Å². The van der Waals surface area contributed by atoms with Gasteiger partial charge in [-0.1, -0.05) is 17.4 Å². The Hall–Kier alpha value is -2.98. The van der Waals surface area contributed by atoms with Crippen molar-refractivity contribution in [1.82, 2.24) is 19.9 Å². The van der Waals surface area contributed by atoms with Gasteiger partial charge in [0.25, 0.3) is 5.92 Å². The minimum atomic E-state index is -2.57. The number of alkyl halides is 2. The van der Waals surface area contributed by atoms with E-state index in [1.807, 2.05) is 0 Å². The highest BCUT2D eigenvalue weighted by molar-refractivity contribution is 8.25. The number of aromatic nitrogens is 3. The summed E-state index contributed by atoms with van der Waals surface area (Å²) in [7, 11) is -2.41. The summed E-state index contributed by atoms with van der Waals surface area (Å²) in [6.07, 6.45) is 4.99. The molecule has 2 saturated carbocycles. The van der Waals surface area contributed by atoms with Crippen molar-refractivity contribution in [1.29, 1.82) is 0 Å². The molecule has 2 aliphatic carbocycles. The summed E-state index contributed by atoms with van der Waals surface area (Å²) in [6.45, 7) is 2.70. The minimum Gasteiger partial charge on any atom is -0.351 e. The first-order chi connectivity index (χ1) is 21.9. The van der Waals surface area contributed by atoms with Crippen LogP contribution in [0.5, 0.6) is 0 Å².